The zero-order chi connectivity index (χ0) is 21.8. The molecule has 152 valence electrons. The van der Waals surface area contributed by atoms with Gasteiger partial charge in [0.05, 0.1) is 19.8 Å². The fourth-order valence-electron chi connectivity index (χ4n) is 3.06. The van der Waals surface area contributed by atoms with Crippen LogP contribution in [0.3, 0.4) is 0 Å². The van der Waals surface area contributed by atoms with Gasteiger partial charge in [-0.25, -0.2) is 9.36 Å². The Bertz CT molecular complexity index is 1210. The number of hydrogen-bond acceptors (Lipinski definition) is 6. The number of nitrogens with zero attached hydrogens (tertiary/aromatic N) is 2. The van der Waals surface area contributed by atoms with E-state index in [2.05, 4.69) is 0 Å². The molecule has 0 aliphatic rings. The smallest absolute Gasteiger partial charge is 0.332 e. The average molecular weight is 417 g/mol. The lowest BCUT2D eigenvalue weighted by atomic mass is 10.1. The number of aliphatic carboxylic acids is 1. The average Bonchev–Trinajstić information content (AvgIpc) is 3.10. The first-order chi connectivity index (χ1) is 14.3. The summed E-state index contributed by atoms with van der Waals surface area (Å²) in [5.74, 6) is -1.82. The summed E-state index contributed by atoms with van der Waals surface area (Å²) in [4.78, 5) is 49.3. The molecule has 0 aliphatic heterocycles. The van der Waals surface area contributed by atoms with Gasteiger partial charge in [-0.3, -0.25) is 19.0 Å². The molecule has 0 radical (unpaired) electrons. The zero-order valence-corrected chi connectivity index (χ0v) is 16.5. The Hall–Kier alpha value is -3.20. The molecular weight excluding hydrogens is 396 g/mol. The van der Waals surface area contributed by atoms with Gasteiger partial charge in [-0.1, -0.05) is 30.3 Å². The molecule has 29 heavy (non-hydrogen) atoms. The minimum atomic E-state index is -1.31. The number of ether oxygens (including phenoxy) is 1. The Labute approximate surface area is 171 Å². The van der Waals surface area contributed by atoms with E-state index in [1.807, 2.05) is 0 Å². The van der Waals surface area contributed by atoms with Gasteiger partial charge < -0.3 is 9.84 Å². The van der Waals surface area contributed by atoms with Crippen molar-refractivity contribution in [1.82, 2.24) is 9.13 Å². The highest BCUT2D eigenvalue weighted by atomic mass is 32.1. The lowest BCUT2D eigenvalue weighted by Gasteiger charge is -2.11. The number of carbonyl (C=O) groups is 2. The van der Waals surface area contributed by atoms with E-state index in [4.69, 9.17) is 11.2 Å². The standard InChI is InChI=1S/C20H20N2O6S/c1-2-28-16(25)10-14-12-29-19-17(14)18(26)22(11-15(23)24)20(27)21(19)9-8-13-6-4-3-5-7-13/h3-7,12H,2,8-11H2,1H3,(H,23,24)/i3D. The summed E-state index contributed by atoms with van der Waals surface area (Å²) < 4.78 is 14.5. The van der Waals surface area contributed by atoms with E-state index in [0.29, 0.717) is 27.4 Å². The molecule has 0 fully saturated rings. The molecule has 2 heterocycles. The lowest BCUT2D eigenvalue weighted by Crippen LogP contribution is -2.41. The largest absolute Gasteiger partial charge is 0.480 e. The molecule has 0 aliphatic carbocycles. The fourth-order valence-corrected chi connectivity index (χ4v) is 4.15. The van der Waals surface area contributed by atoms with Crippen molar-refractivity contribution in [3.8, 4) is 0 Å². The number of carboxylic acid groups (broad SMARTS) is 1. The van der Waals surface area contributed by atoms with Gasteiger partial charge in [0.2, 0.25) is 0 Å². The minimum absolute atomic E-state index is 0.140. The molecule has 0 amide bonds. The van der Waals surface area contributed by atoms with Crippen LogP contribution in [0.2, 0.25) is 0 Å². The summed E-state index contributed by atoms with van der Waals surface area (Å²) in [7, 11) is 0. The van der Waals surface area contributed by atoms with Gasteiger partial charge in [0.15, 0.2) is 0 Å². The normalized spacial score (nSPS) is 11.4. The van der Waals surface area contributed by atoms with Gasteiger partial charge in [0, 0.05) is 6.54 Å². The summed E-state index contributed by atoms with van der Waals surface area (Å²) >= 11 is 1.16. The molecule has 0 saturated heterocycles. The molecule has 0 unspecified atom stereocenters. The van der Waals surface area contributed by atoms with Crippen LogP contribution in [0.5, 0.6) is 0 Å². The van der Waals surface area contributed by atoms with Crippen molar-refractivity contribution >= 4 is 33.5 Å². The molecule has 0 bridgehead atoms. The third-order valence-electron chi connectivity index (χ3n) is 4.36. The number of benzene rings is 1. The van der Waals surface area contributed by atoms with E-state index in [0.717, 1.165) is 16.9 Å². The van der Waals surface area contributed by atoms with Gasteiger partial charge in [-0.2, -0.15) is 0 Å². The second kappa shape index (κ2) is 8.87. The Balaban J connectivity index is 2.09. The molecule has 2 aromatic heterocycles. The van der Waals surface area contributed by atoms with Crippen molar-refractivity contribution < 1.29 is 20.8 Å². The number of aryl methyl sites for hydroxylation is 2. The van der Waals surface area contributed by atoms with Crippen LogP contribution in [0.1, 0.15) is 19.4 Å². The minimum Gasteiger partial charge on any atom is -0.480 e. The van der Waals surface area contributed by atoms with E-state index >= 15 is 0 Å². The zero-order valence-electron chi connectivity index (χ0n) is 16.7. The van der Waals surface area contributed by atoms with Gasteiger partial charge in [0.1, 0.15) is 11.4 Å². The van der Waals surface area contributed by atoms with E-state index in [1.54, 1.807) is 36.6 Å². The topological polar surface area (TPSA) is 108 Å². The number of fused-ring (bicyclic) bond motifs is 1. The summed E-state index contributed by atoms with van der Waals surface area (Å²) in [6, 6.07) is 7.20. The molecule has 1 aromatic carbocycles. The Kier molecular flexibility index (Phi) is 5.85. The highest BCUT2D eigenvalue weighted by molar-refractivity contribution is 7.17. The van der Waals surface area contributed by atoms with Gasteiger partial charge in [0.25, 0.3) is 5.56 Å². The fraction of sp³-hybridized carbons (Fsp3) is 0.300. The van der Waals surface area contributed by atoms with Crippen molar-refractivity contribution in [3.63, 3.8) is 0 Å². The molecule has 0 spiro atoms. The SMILES string of the molecule is [2H]c1ccc(CCn2c(=O)n(CC(=O)O)c(=O)c3c(CC(=O)OCC)csc32)cc1. The maximum atomic E-state index is 12.9. The number of aromatic nitrogens is 2. The summed E-state index contributed by atoms with van der Waals surface area (Å²) in [5, 5.41) is 10.9. The van der Waals surface area contributed by atoms with E-state index in [1.165, 1.54) is 4.57 Å². The van der Waals surface area contributed by atoms with E-state index < -0.39 is 29.7 Å². The molecule has 0 saturated carbocycles. The van der Waals surface area contributed by atoms with Crippen LogP contribution in [0, 0.1) is 0 Å². The van der Waals surface area contributed by atoms with Crippen molar-refractivity contribution in [1.29, 1.82) is 0 Å². The van der Waals surface area contributed by atoms with E-state index in [-0.39, 0.29) is 25.0 Å². The predicted molar refractivity (Wildman–Crippen MR) is 108 cm³/mol. The first kappa shape index (κ1) is 19.1. The summed E-state index contributed by atoms with van der Waals surface area (Å²) in [6.07, 6.45) is 0.311. The van der Waals surface area contributed by atoms with Crippen molar-refractivity contribution in [2.45, 2.75) is 32.9 Å². The van der Waals surface area contributed by atoms with Crippen LogP contribution in [-0.2, 0) is 40.3 Å². The second-order valence-corrected chi connectivity index (χ2v) is 7.16. The Morgan fingerprint density at radius 3 is 2.62 bits per heavy atom. The van der Waals surface area contributed by atoms with Gasteiger partial charge in [-0.05, 0) is 29.9 Å². The molecule has 8 nitrogen and oxygen atoms in total. The monoisotopic (exact) mass is 417 g/mol. The Morgan fingerprint density at radius 1 is 1.24 bits per heavy atom. The molecule has 9 heteroatoms. The number of esters is 1. The molecular formula is C20H20N2O6S. The molecule has 0 atom stereocenters. The van der Waals surface area contributed by atoms with Crippen LogP contribution in [0.15, 0.2) is 45.3 Å². The second-order valence-electron chi connectivity index (χ2n) is 6.30. The third kappa shape index (κ3) is 4.45. The van der Waals surface area contributed by atoms with Crippen LogP contribution in [0.4, 0.5) is 0 Å². The molecule has 1 N–H and O–H groups in total. The number of carbonyl (C=O) groups excluding carboxylic acids is 1. The highest BCUT2D eigenvalue weighted by Crippen LogP contribution is 2.23. The Morgan fingerprint density at radius 2 is 1.97 bits per heavy atom. The van der Waals surface area contributed by atoms with Crippen molar-refractivity contribution in [3.05, 3.63) is 67.7 Å². The third-order valence-corrected chi connectivity index (χ3v) is 5.41. The van der Waals surface area contributed by atoms with Crippen LogP contribution >= 0.6 is 11.3 Å². The first-order valence-corrected chi connectivity index (χ1v) is 9.86. The van der Waals surface area contributed by atoms with Gasteiger partial charge in [-0.15, -0.1) is 11.3 Å². The maximum absolute atomic E-state index is 12.9. The number of thiophene rings is 1. The van der Waals surface area contributed by atoms with Crippen LogP contribution in [-0.4, -0.2) is 32.8 Å². The molecule has 3 aromatic rings. The number of carboxylic acids is 1. The quantitative estimate of drug-likeness (QED) is 0.559. The summed E-state index contributed by atoms with van der Waals surface area (Å²) in [5.41, 5.74) is -0.139. The predicted octanol–water partition coefficient (Wildman–Crippen LogP) is 1.66. The van der Waals surface area contributed by atoms with Crippen LogP contribution < -0.4 is 11.2 Å². The van der Waals surface area contributed by atoms with Crippen molar-refractivity contribution in [2.24, 2.45) is 0 Å². The highest BCUT2D eigenvalue weighted by Gasteiger charge is 2.21. The number of hydrogen-bond donors (Lipinski definition) is 1. The summed E-state index contributed by atoms with van der Waals surface area (Å²) in [6.45, 7) is 1.32. The van der Waals surface area contributed by atoms with E-state index in [9.17, 15) is 19.2 Å². The molecule has 3 rings (SSSR count). The van der Waals surface area contributed by atoms with Gasteiger partial charge >= 0.3 is 17.6 Å². The lowest BCUT2D eigenvalue weighted by molar-refractivity contribution is -0.142. The number of rotatable bonds is 8. The maximum Gasteiger partial charge on any atom is 0.332 e. The van der Waals surface area contributed by atoms with Crippen molar-refractivity contribution in [2.75, 3.05) is 6.61 Å². The van der Waals surface area contributed by atoms with Crippen LogP contribution in [0.25, 0.3) is 10.2 Å². The first-order valence-electron chi connectivity index (χ1n) is 9.48.